The summed E-state index contributed by atoms with van der Waals surface area (Å²) >= 11 is 0. The Hall–Kier alpha value is -4.47. The van der Waals surface area contributed by atoms with E-state index in [1.165, 1.54) is 23.7 Å². The maximum atomic E-state index is 12.9. The molecule has 1 atom stereocenters. The van der Waals surface area contributed by atoms with E-state index < -0.39 is 24.5 Å². The molecule has 0 saturated heterocycles. The number of carbonyl (C=O) groups excluding carboxylic acids is 2. The van der Waals surface area contributed by atoms with E-state index in [9.17, 15) is 9.59 Å². The summed E-state index contributed by atoms with van der Waals surface area (Å²) in [7, 11) is 0. The molecule has 1 unspecified atom stereocenters. The van der Waals surface area contributed by atoms with Crippen LogP contribution in [0.5, 0.6) is 0 Å². The molecule has 1 aliphatic rings. The number of carbonyl (C=O) groups is 2. The highest BCUT2D eigenvalue weighted by Crippen LogP contribution is 2.33. The maximum absolute atomic E-state index is 12.9. The SMILES string of the molecule is O=C(OCC(=O)N1N=C(c2ccco2)CC1c1ccco1)c1ccc(-n2cccn2)nc1. The van der Waals surface area contributed by atoms with Gasteiger partial charge in [0.2, 0.25) is 0 Å². The number of furan rings is 2. The average molecular weight is 431 g/mol. The van der Waals surface area contributed by atoms with E-state index in [-0.39, 0.29) is 5.56 Å². The van der Waals surface area contributed by atoms with Crippen molar-refractivity contribution in [2.75, 3.05) is 6.61 Å². The minimum atomic E-state index is -0.665. The summed E-state index contributed by atoms with van der Waals surface area (Å²) in [6.07, 6.45) is 8.23. The highest BCUT2D eigenvalue weighted by atomic mass is 16.5. The predicted molar refractivity (Wildman–Crippen MR) is 110 cm³/mol. The lowest BCUT2D eigenvalue weighted by atomic mass is 10.1. The standard InChI is InChI=1S/C22H17N5O5/c28-21(14-32-22(29)15-6-7-20(23-13-15)26-9-3-8-24-26)27-17(19-5-2-11-31-19)12-16(25-27)18-4-1-10-30-18/h1-11,13,17H,12,14H2. The van der Waals surface area contributed by atoms with Crippen molar-refractivity contribution in [2.45, 2.75) is 12.5 Å². The van der Waals surface area contributed by atoms with Crippen LogP contribution in [0.1, 0.15) is 34.3 Å². The molecule has 10 heteroatoms. The van der Waals surface area contributed by atoms with Gasteiger partial charge in [-0.25, -0.2) is 19.5 Å². The molecule has 4 aromatic heterocycles. The van der Waals surface area contributed by atoms with Crippen molar-refractivity contribution in [3.8, 4) is 5.82 Å². The lowest BCUT2D eigenvalue weighted by molar-refractivity contribution is -0.136. The minimum Gasteiger partial charge on any atom is -0.467 e. The monoisotopic (exact) mass is 431 g/mol. The molecule has 10 nitrogen and oxygen atoms in total. The lowest BCUT2D eigenvalue weighted by Gasteiger charge is -2.19. The summed E-state index contributed by atoms with van der Waals surface area (Å²) in [5, 5.41) is 9.74. The van der Waals surface area contributed by atoms with E-state index in [0.717, 1.165) is 0 Å². The topological polar surface area (TPSA) is 116 Å². The van der Waals surface area contributed by atoms with Crippen LogP contribution in [-0.2, 0) is 9.53 Å². The fourth-order valence-electron chi connectivity index (χ4n) is 3.36. The number of aromatic nitrogens is 3. The third-order valence-corrected chi connectivity index (χ3v) is 4.89. The van der Waals surface area contributed by atoms with Crippen LogP contribution in [0.3, 0.4) is 0 Å². The second-order valence-corrected chi connectivity index (χ2v) is 6.93. The third-order valence-electron chi connectivity index (χ3n) is 4.89. The first-order chi connectivity index (χ1) is 15.7. The second-order valence-electron chi connectivity index (χ2n) is 6.93. The molecule has 0 spiro atoms. The van der Waals surface area contributed by atoms with E-state index in [4.69, 9.17) is 13.6 Å². The molecule has 1 aliphatic heterocycles. The number of hydrazone groups is 1. The summed E-state index contributed by atoms with van der Waals surface area (Å²) in [5.41, 5.74) is 0.826. The van der Waals surface area contributed by atoms with Crippen molar-refractivity contribution >= 4 is 17.6 Å². The van der Waals surface area contributed by atoms with Crippen LogP contribution in [0.25, 0.3) is 5.82 Å². The number of nitrogens with zero attached hydrogens (tertiary/aromatic N) is 5. The Balaban J connectivity index is 1.27. The number of rotatable bonds is 6. The van der Waals surface area contributed by atoms with E-state index in [0.29, 0.717) is 29.5 Å². The zero-order valence-electron chi connectivity index (χ0n) is 16.7. The highest BCUT2D eigenvalue weighted by Gasteiger charge is 2.36. The molecule has 1 amide bonds. The van der Waals surface area contributed by atoms with Gasteiger partial charge in [-0.05, 0) is 42.5 Å². The largest absolute Gasteiger partial charge is 0.467 e. The van der Waals surface area contributed by atoms with Crippen molar-refractivity contribution in [1.29, 1.82) is 0 Å². The molecule has 0 fully saturated rings. The number of hydrogen-bond donors (Lipinski definition) is 0. The first-order valence-electron chi connectivity index (χ1n) is 9.79. The highest BCUT2D eigenvalue weighted by molar-refractivity contribution is 6.01. The number of pyridine rings is 1. The van der Waals surface area contributed by atoms with Gasteiger partial charge in [0.15, 0.2) is 12.4 Å². The predicted octanol–water partition coefficient (Wildman–Crippen LogP) is 2.99. The van der Waals surface area contributed by atoms with Crippen molar-refractivity contribution in [3.05, 3.63) is 90.7 Å². The van der Waals surface area contributed by atoms with Crippen LogP contribution >= 0.6 is 0 Å². The van der Waals surface area contributed by atoms with Gasteiger partial charge in [-0.15, -0.1) is 0 Å². The molecule has 5 rings (SSSR count). The van der Waals surface area contributed by atoms with Gasteiger partial charge in [0.25, 0.3) is 5.91 Å². The molecule has 160 valence electrons. The fraction of sp³-hybridized carbons (Fsp3) is 0.136. The molecule has 0 aromatic carbocycles. The number of esters is 1. The lowest BCUT2D eigenvalue weighted by Crippen LogP contribution is -2.31. The summed E-state index contributed by atoms with van der Waals surface area (Å²) in [6, 6.07) is 11.5. The first-order valence-corrected chi connectivity index (χ1v) is 9.79. The van der Waals surface area contributed by atoms with Gasteiger partial charge < -0.3 is 13.6 Å². The summed E-state index contributed by atoms with van der Waals surface area (Å²) in [6.45, 7) is -0.480. The van der Waals surface area contributed by atoms with E-state index >= 15 is 0 Å². The second kappa shape index (κ2) is 8.34. The van der Waals surface area contributed by atoms with E-state index in [1.54, 1.807) is 59.5 Å². The fourth-order valence-corrected chi connectivity index (χ4v) is 3.36. The molecule has 0 aliphatic carbocycles. The third kappa shape index (κ3) is 3.81. The van der Waals surface area contributed by atoms with Crippen molar-refractivity contribution in [3.63, 3.8) is 0 Å². The number of hydrogen-bond acceptors (Lipinski definition) is 8. The van der Waals surface area contributed by atoms with Crippen LogP contribution in [0.2, 0.25) is 0 Å². The van der Waals surface area contributed by atoms with Crippen molar-refractivity contribution < 1.29 is 23.2 Å². The van der Waals surface area contributed by atoms with Crippen LogP contribution in [0.4, 0.5) is 0 Å². The molecule has 4 aromatic rings. The Bertz CT molecular complexity index is 1230. The van der Waals surface area contributed by atoms with E-state index in [1.807, 2.05) is 0 Å². The van der Waals surface area contributed by atoms with Gasteiger partial charge in [-0.1, -0.05) is 0 Å². The van der Waals surface area contributed by atoms with Crippen LogP contribution in [0.15, 0.2) is 87.5 Å². The van der Waals surface area contributed by atoms with E-state index in [2.05, 4.69) is 15.2 Å². The summed E-state index contributed by atoms with van der Waals surface area (Å²) < 4.78 is 17.7. The molecular weight excluding hydrogens is 414 g/mol. The average Bonchev–Trinajstić information content (AvgIpc) is 3.63. The smallest absolute Gasteiger partial charge is 0.340 e. The van der Waals surface area contributed by atoms with Gasteiger partial charge in [0.05, 0.1) is 18.1 Å². The summed E-state index contributed by atoms with van der Waals surface area (Å²) in [4.78, 5) is 29.4. The molecule has 0 N–H and O–H groups in total. The Morgan fingerprint density at radius 1 is 1.09 bits per heavy atom. The summed E-state index contributed by atoms with van der Waals surface area (Å²) in [5.74, 6) is 0.552. The molecule has 32 heavy (non-hydrogen) atoms. The zero-order valence-corrected chi connectivity index (χ0v) is 16.7. The van der Waals surface area contributed by atoms with Crippen molar-refractivity contribution in [1.82, 2.24) is 19.8 Å². The van der Waals surface area contributed by atoms with Gasteiger partial charge in [0, 0.05) is 25.0 Å². The van der Waals surface area contributed by atoms with Gasteiger partial charge >= 0.3 is 5.97 Å². The molecule has 0 radical (unpaired) electrons. The minimum absolute atomic E-state index is 0.220. The Morgan fingerprint density at radius 2 is 1.97 bits per heavy atom. The Morgan fingerprint density at radius 3 is 2.66 bits per heavy atom. The van der Waals surface area contributed by atoms with Crippen LogP contribution in [-0.4, -0.2) is 44.0 Å². The molecule has 0 bridgehead atoms. The van der Waals surface area contributed by atoms with Gasteiger partial charge in [-0.3, -0.25) is 4.79 Å². The molecule has 0 saturated carbocycles. The van der Waals surface area contributed by atoms with Crippen LogP contribution in [0, 0.1) is 0 Å². The quantitative estimate of drug-likeness (QED) is 0.431. The Labute approximate surface area is 181 Å². The molecular formula is C22H17N5O5. The molecule has 5 heterocycles. The van der Waals surface area contributed by atoms with Gasteiger partial charge in [-0.2, -0.15) is 10.2 Å². The van der Waals surface area contributed by atoms with Gasteiger partial charge in [0.1, 0.15) is 23.3 Å². The maximum Gasteiger partial charge on any atom is 0.340 e. The normalized spacial score (nSPS) is 15.6. The number of ether oxygens (including phenoxy) is 1. The Kier molecular flexibility index (Phi) is 5.08. The zero-order chi connectivity index (χ0) is 21.9. The number of amides is 1. The van der Waals surface area contributed by atoms with Crippen molar-refractivity contribution in [2.24, 2.45) is 5.10 Å². The first kappa shape index (κ1) is 19.5. The van der Waals surface area contributed by atoms with Crippen LogP contribution < -0.4 is 0 Å².